The minimum atomic E-state index is 0.0649. The summed E-state index contributed by atoms with van der Waals surface area (Å²) in [7, 11) is 1.78. The van der Waals surface area contributed by atoms with Crippen LogP contribution in [0.4, 0.5) is 0 Å². The lowest BCUT2D eigenvalue weighted by molar-refractivity contribution is -0.127. The molecule has 0 aliphatic carbocycles. The second-order valence-corrected chi connectivity index (χ2v) is 4.25. The van der Waals surface area contributed by atoms with Crippen molar-refractivity contribution >= 4 is 29.1 Å². The molecule has 0 saturated heterocycles. The van der Waals surface area contributed by atoms with Crippen molar-refractivity contribution in [3.63, 3.8) is 0 Å². The fraction of sp³-hybridized carbons (Fsp3) is 0.364. The predicted octanol–water partition coefficient (Wildman–Crippen LogP) is 3.01. The first kappa shape index (κ1) is 12.3. The molecule has 0 bridgehead atoms. The van der Waals surface area contributed by atoms with Gasteiger partial charge in [-0.1, -0.05) is 29.3 Å². The molecule has 1 aromatic rings. The van der Waals surface area contributed by atoms with Gasteiger partial charge in [0.05, 0.1) is 10.0 Å². The lowest BCUT2D eigenvalue weighted by atomic mass is 10.1. The molecule has 2 nitrogen and oxygen atoms in total. The predicted molar refractivity (Wildman–Crippen MR) is 63.5 cm³/mol. The van der Waals surface area contributed by atoms with Crippen molar-refractivity contribution in [2.24, 2.45) is 0 Å². The standard InChI is InChI=1S/C11H13Cl2NO/c1-8(15)14(2)6-5-9-3-4-10(12)11(13)7-9/h3-4,7H,5-6H2,1-2H3. The molecule has 1 rings (SSSR count). The van der Waals surface area contributed by atoms with Crippen molar-refractivity contribution in [2.45, 2.75) is 13.3 Å². The number of likely N-dealkylation sites (N-methyl/N-ethyl adjacent to an activating group) is 1. The number of carbonyl (C=O) groups excluding carboxylic acids is 1. The molecule has 0 radical (unpaired) electrons. The molecule has 15 heavy (non-hydrogen) atoms. The molecule has 0 N–H and O–H groups in total. The van der Waals surface area contributed by atoms with Crippen LogP contribution in [0.3, 0.4) is 0 Å². The highest BCUT2D eigenvalue weighted by atomic mass is 35.5. The molecule has 0 unspecified atom stereocenters. The van der Waals surface area contributed by atoms with Crippen LogP contribution in [0.25, 0.3) is 0 Å². The van der Waals surface area contributed by atoms with E-state index >= 15 is 0 Å². The number of amides is 1. The van der Waals surface area contributed by atoms with E-state index in [-0.39, 0.29) is 5.91 Å². The van der Waals surface area contributed by atoms with Gasteiger partial charge in [0.1, 0.15) is 0 Å². The second kappa shape index (κ2) is 5.38. The SMILES string of the molecule is CC(=O)N(C)CCc1ccc(Cl)c(Cl)c1. The van der Waals surface area contributed by atoms with Crippen LogP contribution in [-0.2, 0) is 11.2 Å². The molecule has 0 fully saturated rings. The first-order valence-corrected chi connectivity index (χ1v) is 5.42. The van der Waals surface area contributed by atoms with Gasteiger partial charge in [-0.3, -0.25) is 4.79 Å². The Hall–Kier alpha value is -0.730. The van der Waals surface area contributed by atoms with E-state index in [0.29, 0.717) is 16.6 Å². The number of benzene rings is 1. The zero-order valence-electron chi connectivity index (χ0n) is 8.76. The van der Waals surface area contributed by atoms with Gasteiger partial charge < -0.3 is 4.90 Å². The largest absolute Gasteiger partial charge is 0.346 e. The van der Waals surface area contributed by atoms with Gasteiger partial charge in [-0.25, -0.2) is 0 Å². The fourth-order valence-electron chi connectivity index (χ4n) is 1.15. The van der Waals surface area contributed by atoms with Gasteiger partial charge >= 0.3 is 0 Å². The van der Waals surface area contributed by atoms with E-state index in [1.807, 2.05) is 12.1 Å². The Labute approximate surface area is 99.8 Å². The third-order valence-electron chi connectivity index (χ3n) is 2.26. The smallest absolute Gasteiger partial charge is 0.219 e. The van der Waals surface area contributed by atoms with E-state index < -0.39 is 0 Å². The lowest BCUT2D eigenvalue weighted by Gasteiger charge is -2.14. The van der Waals surface area contributed by atoms with Crippen LogP contribution < -0.4 is 0 Å². The van der Waals surface area contributed by atoms with Crippen molar-refractivity contribution in [3.05, 3.63) is 33.8 Å². The quantitative estimate of drug-likeness (QED) is 0.802. The number of carbonyl (C=O) groups is 1. The van der Waals surface area contributed by atoms with Crippen LogP contribution in [0.2, 0.25) is 10.0 Å². The molecule has 1 aromatic carbocycles. The van der Waals surface area contributed by atoms with E-state index in [4.69, 9.17) is 23.2 Å². The maximum Gasteiger partial charge on any atom is 0.219 e. The van der Waals surface area contributed by atoms with Gasteiger partial charge in [0.25, 0.3) is 0 Å². The molecule has 82 valence electrons. The van der Waals surface area contributed by atoms with E-state index in [1.165, 1.54) is 0 Å². The van der Waals surface area contributed by atoms with Crippen LogP contribution in [0, 0.1) is 0 Å². The topological polar surface area (TPSA) is 20.3 Å². The van der Waals surface area contributed by atoms with Gasteiger partial charge in [-0.15, -0.1) is 0 Å². The summed E-state index contributed by atoms with van der Waals surface area (Å²) in [5.41, 5.74) is 1.08. The summed E-state index contributed by atoms with van der Waals surface area (Å²) in [6, 6.07) is 5.52. The number of rotatable bonds is 3. The van der Waals surface area contributed by atoms with Crippen LogP contribution in [0.1, 0.15) is 12.5 Å². The summed E-state index contributed by atoms with van der Waals surface area (Å²) in [4.78, 5) is 12.6. The summed E-state index contributed by atoms with van der Waals surface area (Å²) >= 11 is 11.7. The van der Waals surface area contributed by atoms with Crippen molar-refractivity contribution in [1.82, 2.24) is 4.90 Å². The average Bonchev–Trinajstić information content (AvgIpc) is 2.19. The first-order valence-electron chi connectivity index (χ1n) is 4.66. The Bertz CT molecular complexity index is 366. The molecule has 0 spiro atoms. The Morgan fingerprint density at radius 1 is 1.33 bits per heavy atom. The van der Waals surface area contributed by atoms with E-state index in [1.54, 1.807) is 24.9 Å². The monoisotopic (exact) mass is 245 g/mol. The van der Waals surface area contributed by atoms with Crippen molar-refractivity contribution in [3.8, 4) is 0 Å². The molecule has 0 aliphatic heterocycles. The van der Waals surface area contributed by atoms with Crippen molar-refractivity contribution in [2.75, 3.05) is 13.6 Å². The van der Waals surface area contributed by atoms with Crippen LogP contribution in [0.5, 0.6) is 0 Å². The summed E-state index contributed by atoms with van der Waals surface area (Å²) in [5.74, 6) is 0.0649. The highest BCUT2D eigenvalue weighted by molar-refractivity contribution is 6.42. The lowest BCUT2D eigenvalue weighted by Crippen LogP contribution is -2.26. The molecular formula is C11H13Cl2NO. The van der Waals surface area contributed by atoms with Crippen LogP contribution in [-0.4, -0.2) is 24.4 Å². The minimum Gasteiger partial charge on any atom is -0.346 e. The van der Waals surface area contributed by atoms with Gasteiger partial charge in [0, 0.05) is 20.5 Å². The Morgan fingerprint density at radius 3 is 2.53 bits per heavy atom. The highest BCUT2D eigenvalue weighted by Gasteiger charge is 2.03. The summed E-state index contributed by atoms with van der Waals surface area (Å²) in [5, 5.41) is 1.11. The zero-order valence-corrected chi connectivity index (χ0v) is 10.3. The van der Waals surface area contributed by atoms with Gasteiger partial charge in [-0.05, 0) is 24.1 Å². The molecule has 0 saturated carbocycles. The van der Waals surface area contributed by atoms with Gasteiger partial charge in [-0.2, -0.15) is 0 Å². The second-order valence-electron chi connectivity index (χ2n) is 3.44. The minimum absolute atomic E-state index is 0.0649. The van der Waals surface area contributed by atoms with E-state index in [9.17, 15) is 4.79 Å². The molecule has 4 heteroatoms. The van der Waals surface area contributed by atoms with Crippen LogP contribution >= 0.6 is 23.2 Å². The average molecular weight is 246 g/mol. The summed E-state index contributed by atoms with van der Waals surface area (Å²) < 4.78 is 0. The number of halogens is 2. The number of hydrogen-bond acceptors (Lipinski definition) is 1. The van der Waals surface area contributed by atoms with Crippen LogP contribution in [0.15, 0.2) is 18.2 Å². The van der Waals surface area contributed by atoms with Gasteiger partial charge in [0.2, 0.25) is 5.91 Å². The normalized spacial score (nSPS) is 10.1. The molecule has 0 aliphatic rings. The Balaban J connectivity index is 2.58. The highest BCUT2D eigenvalue weighted by Crippen LogP contribution is 2.22. The van der Waals surface area contributed by atoms with Crippen molar-refractivity contribution in [1.29, 1.82) is 0 Å². The molecular weight excluding hydrogens is 233 g/mol. The molecule has 0 aromatic heterocycles. The Kier molecular flexibility index (Phi) is 4.43. The first-order chi connectivity index (χ1) is 7.00. The maximum absolute atomic E-state index is 11.0. The maximum atomic E-state index is 11.0. The summed E-state index contributed by atoms with van der Waals surface area (Å²) in [6.45, 7) is 2.24. The molecule has 1 amide bonds. The molecule has 0 atom stereocenters. The zero-order chi connectivity index (χ0) is 11.4. The van der Waals surface area contributed by atoms with Crippen molar-refractivity contribution < 1.29 is 4.79 Å². The van der Waals surface area contributed by atoms with Gasteiger partial charge in [0.15, 0.2) is 0 Å². The molecule has 0 heterocycles. The third kappa shape index (κ3) is 3.73. The third-order valence-corrected chi connectivity index (χ3v) is 3.00. The number of hydrogen-bond donors (Lipinski definition) is 0. The number of nitrogens with zero attached hydrogens (tertiary/aromatic N) is 1. The van der Waals surface area contributed by atoms with E-state index in [0.717, 1.165) is 12.0 Å². The van der Waals surface area contributed by atoms with E-state index in [2.05, 4.69) is 0 Å². The fourth-order valence-corrected chi connectivity index (χ4v) is 1.47. The Morgan fingerprint density at radius 2 is 2.00 bits per heavy atom. The summed E-state index contributed by atoms with van der Waals surface area (Å²) in [6.07, 6.45) is 0.785.